The molecule has 2 nitrogen and oxygen atoms in total. The standard InChI is InChI=1S/C8H10N2S/c1-3-4-7-5-9-8(11-2)10-6-7/h3-6H,1-2H3. The van der Waals surface area contributed by atoms with Crippen LogP contribution in [0, 0.1) is 0 Å². The maximum atomic E-state index is 4.12. The Morgan fingerprint density at radius 2 is 2.00 bits per heavy atom. The van der Waals surface area contributed by atoms with Gasteiger partial charge in [-0.15, -0.1) is 0 Å². The van der Waals surface area contributed by atoms with Crippen LogP contribution in [0.25, 0.3) is 6.08 Å². The summed E-state index contributed by atoms with van der Waals surface area (Å²) < 4.78 is 0. The summed E-state index contributed by atoms with van der Waals surface area (Å²) in [7, 11) is 0. The van der Waals surface area contributed by atoms with Gasteiger partial charge in [0.15, 0.2) is 5.16 Å². The molecule has 0 aliphatic heterocycles. The molecule has 0 aliphatic carbocycles. The molecule has 0 unspecified atom stereocenters. The molecule has 0 fully saturated rings. The monoisotopic (exact) mass is 166 g/mol. The van der Waals surface area contributed by atoms with E-state index in [0.717, 1.165) is 10.7 Å². The normalized spacial score (nSPS) is 10.7. The van der Waals surface area contributed by atoms with Crippen molar-refractivity contribution in [3.8, 4) is 0 Å². The molecule has 1 aromatic rings. The zero-order chi connectivity index (χ0) is 8.10. The number of hydrogen-bond acceptors (Lipinski definition) is 3. The minimum Gasteiger partial charge on any atom is -0.231 e. The molecule has 0 atom stereocenters. The molecule has 0 aromatic carbocycles. The number of thioether (sulfide) groups is 1. The van der Waals surface area contributed by atoms with Crippen LogP contribution in [0.5, 0.6) is 0 Å². The van der Waals surface area contributed by atoms with Crippen LogP contribution in [-0.2, 0) is 0 Å². The number of nitrogens with zero attached hydrogens (tertiary/aromatic N) is 2. The van der Waals surface area contributed by atoms with Crippen molar-refractivity contribution in [2.75, 3.05) is 6.26 Å². The predicted octanol–water partition coefficient (Wildman–Crippen LogP) is 2.23. The lowest BCUT2D eigenvalue weighted by Gasteiger charge is -1.93. The summed E-state index contributed by atoms with van der Waals surface area (Å²) in [6.45, 7) is 1.97. The minimum atomic E-state index is 0.818. The highest BCUT2D eigenvalue weighted by atomic mass is 32.2. The second-order valence-corrected chi connectivity index (χ2v) is 2.78. The third-order valence-corrected chi connectivity index (χ3v) is 1.77. The van der Waals surface area contributed by atoms with Crippen LogP contribution in [-0.4, -0.2) is 16.2 Å². The summed E-state index contributed by atoms with van der Waals surface area (Å²) in [6, 6.07) is 0. The van der Waals surface area contributed by atoms with Gasteiger partial charge in [-0.25, -0.2) is 9.97 Å². The van der Waals surface area contributed by atoms with Crippen molar-refractivity contribution in [2.45, 2.75) is 12.1 Å². The summed E-state index contributed by atoms with van der Waals surface area (Å²) in [5, 5.41) is 0.818. The third kappa shape index (κ3) is 2.35. The molecule has 0 radical (unpaired) electrons. The fourth-order valence-electron chi connectivity index (χ4n) is 0.710. The number of allylic oxidation sites excluding steroid dienone is 1. The van der Waals surface area contributed by atoms with E-state index in [2.05, 4.69) is 9.97 Å². The number of hydrogen-bond donors (Lipinski definition) is 0. The van der Waals surface area contributed by atoms with Gasteiger partial charge in [-0.2, -0.15) is 0 Å². The Kier molecular flexibility index (Phi) is 3.11. The Morgan fingerprint density at radius 3 is 2.45 bits per heavy atom. The molecule has 0 N–H and O–H groups in total. The second-order valence-electron chi connectivity index (χ2n) is 2.00. The summed E-state index contributed by atoms with van der Waals surface area (Å²) in [5.74, 6) is 0. The first-order valence-electron chi connectivity index (χ1n) is 3.35. The van der Waals surface area contributed by atoms with Crippen LogP contribution in [0.1, 0.15) is 12.5 Å². The van der Waals surface area contributed by atoms with Gasteiger partial charge in [-0.3, -0.25) is 0 Å². The SMILES string of the molecule is CC=Cc1cnc(SC)nc1. The molecule has 0 spiro atoms. The van der Waals surface area contributed by atoms with Gasteiger partial charge in [-0.1, -0.05) is 23.9 Å². The van der Waals surface area contributed by atoms with Gasteiger partial charge in [0.2, 0.25) is 0 Å². The van der Waals surface area contributed by atoms with Gasteiger partial charge in [0.1, 0.15) is 0 Å². The van der Waals surface area contributed by atoms with Gasteiger partial charge in [0.05, 0.1) is 0 Å². The molecule has 58 valence electrons. The van der Waals surface area contributed by atoms with E-state index in [1.807, 2.05) is 37.7 Å². The van der Waals surface area contributed by atoms with Gasteiger partial charge in [-0.05, 0) is 13.2 Å². The first-order valence-corrected chi connectivity index (χ1v) is 4.58. The Balaban J connectivity index is 2.82. The molecule has 1 aromatic heterocycles. The molecule has 0 amide bonds. The van der Waals surface area contributed by atoms with E-state index in [-0.39, 0.29) is 0 Å². The summed E-state index contributed by atoms with van der Waals surface area (Å²) in [6.07, 6.45) is 9.55. The highest BCUT2D eigenvalue weighted by molar-refractivity contribution is 7.98. The van der Waals surface area contributed by atoms with Gasteiger partial charge in [0.25, 0.3) is 0 Å². The van der Waals surface area contributed by atoms with E-state index in [9.17, 15) is 0 Å². The number of rotatable bonds is 2. The molecular weight excluding hydrogens is 156 g/mol. The van der Waals surface area contributed by atoms with Crippen molar-refractivity contribution >= 4 is 17.8 Å². The molecule has 0 bridgehead atoms. The minimum absolute atomic E-state index is 0.818. The lowest BCUT2D eigenvalue weighted by Crippen LogP contribution is -1.84. The maximum absolute atomic E-state index is 4.12. The Morgan fingerprint density at radius 1 is 1.36 bits per heavy atom. The highest BCUT2D eigenvalue weighted by Gasteiger charge is 1.90. The van der Waals surface area contributed by atoms with Crippen molar-refractivity contribution in [2.24, 2.45) is 0 Å². The zero-order valence-corrected chi connectivity index (χ0v) is 7.43. The summed E-state index contributed by atoms with van der Waals surface area (Å²) in [5.41, 5.74) is 1.05. The van der Waals surface area contributed by atoms with E-state index >= 15 is 0 Å². The van der Waals surface area contributed by atoms with Crippen LogP contribution in [0.2, 0.25) is 0 Å². The van der Waals surface area contributed by atoms with Crippen molar-refractivity contribution in [3.63, 3.8) is 0 Å². The van der Waals surface area contributed by atoms with Crippen molar-refractivity contribution in [1.82, 2.24) is 9.97 Å². The molecule has 1 heterocycles. The smallest absolute Gasteiger partial charge is 0.187 e. The molecule has 1 rings (SSSR count). The number of aromatic nitrogens is 2. The first-order chi connectivity index (χ1) is 5.36. The zero-order valence-electron chi connectivity index (χ0n) is 6.61. The Labute approximate surface area is 70.8 Å². The average molecular weight is 166 g/mol. The Bertz CT molecular complexity index is 241. The lowest BCUT2D eigenvalue weighted by atomic mass is 10.3. The predicted molar refractivity (Wildman–Crippen MR) is 48.5 cm³/mol. The van der Waals surface area contributed by atoms with Crippen LogP contribution in [0.15, 0.2) is 23.6 Å². The van der Waals surface area contributed by atoms with E-state index in [4.69, 9.17) is 0 Å². The topological polar surface area (TPSA) is 25.8 Å². The molecule has 0 saturated heterocycles. The van der Waals surface area contributed by atoms with E-state index in [0.29, 0.717) is 0 Å². The molecule has 0 aliphatic rings. The average Bonchev–Trinajstić information content (AvgIpc) is 2.07. The first kappa shape index (κ1) is 8.27. The van der Waals surface area contributed by atoms with Crippen molar-refractivity contribution in [1.29, 1.82) is 0 Å². The third-order valence-electron chi connectivity index (χ3n) is 1.19. The van der Waals surface area contributed by atoms with Gasteiger partial charge in [0, 0.05) is 18.0 Å². The van der Waals surface area contributed by atoms with Gasteiger partial charge < -0.3 is 0 Å². The summed E-state index contributed by atoms with van der Waals surface area (Å²) >= 11 is 1.55. The largest absolute Gasteiger partial charge is 0.231 e. The summed E-state index contributed by atoms with van der Waals surface area (Å²) in [4.78, 5) is 8.23. The highest BCUT2D eigenvalue weighted by Crippen LogP contribution is 2.07. The van der Waals surface area contributed by atoms with Crippen molar-refractivity contribution < 1.29 is 0 Å². The fraction of sp³-hybridized carbons (Fsp3) is 0.250. The van der Waals surface area contributed by atoms with Gasteiger partial charge >= 0.3 is 0 Å². The molecular formula is C8H10N2S. The molecule has 3 heteroatoms. The Hall–Kier alpha value is -0.830. The van der Waals surface area contributed by atoms with Crippen LogP contribution in [0.4, 0.5) is 0 Å². The quantitative estimate of drug-likeness (QED) is 0.497. The molecule has 11 heavy (non-hydrogen) atoms. The fourth-order valence-corrected chi connectivity index (χ4v) is 1.03. The maximum Gasteiger partial charge on any atom is 0.187 e. The van der Waals surface area contributed by atoms with E-state index in [1.165, 1.54) is 0 Å². The van der Waals surface area contributed by atoms with Crippen LogP contribution < -0.4 is 0 Å². The lowest BCUT2D eigenvalue weighted by molar-refractivity contribution is 0.966. The second kappa shape index (κ2) is 4.13. The van der Waals surface area contributed by atoms with Crippen LogP contribution >= 0.6 is 11.8 Å². The van der Waals surface area contributed by atoms with Crippen LogP contribution in [0.3, 0.4) is 0 Å². The van der Waals surface area contributed by atoms with E-state index < -0.39 is 0 Å². The molecule has 0 saturated carbocycles. The van der Waals surface area contributed by atoms with Crippen molar-refractivity contribution in [3.05, 3.63) is 24.0 Å². The van der Waals surface area contributed by atoms with E-state index in [1.54, 1.807) is 11.8 Å².